The minimum absolute atomic E-state index is 0.0246. The van der Waals surface area contributed by atoms with Crippen LogP contribution in [0.4, 0.5) is 0 Å². The number of carboxylic acids is 2. The maximum Gasteiger partial charge on any atom is 0.414 e. The molecule has 10 heteroatoms. The van der Waals surface area contributed by atoms with Gasteiger partial charge in [-0.2, -0.15) is 0 Å². The molecule has 0 aliphatic rings. The molecule has 2 aromatic rings. The fourth-order valence-electron chi connectivity index (χ4n) is 2.79. The molecule has 32 heavy (non-hydrogen) atoms. The summed E-state index contributed by atoms with van der Waals surface area (Å²) in [6.07, 6.45) is 0. The van der Waals surface area contributed by atoms with Crippen LogP contribution in [0.3, 0.4) is 0 Å². The summed E-state index contributed by atoms with van der Waals surface area (Å²) in [6.45, 7) is 2.62. The molecule has 0 fully saturated rings. The fraction of sp³-hybridized carbons (Fsp3) is 0.364. The first-order valence-corrected chi connectivity index (χ1v) is 9.42. The van der Waals surface area contributed by atoms with Crippen LogP contribution in [0, 0.1) is 0 Å². The second-order valence-corrected chi connectivity index (χ2v) is 6.33. The minimum atomic E-state index is -1.82. The number of nitrogens with one attached hydrogen (secondary N) is 1. The Morgan fingerprint density at radius 1 is 0.781 bits per heavy atom. The van der Waals surface area contributed by atoms with Gasteiger partial charge in [-0.1, -0.05) is 0 Å². The summed E-state index contributed by atoms with van der Waals surface area (Å²) in [4.78, 5) is 18.2. The van der Waals surface area contributed by atoms with E-state index >= 15 is 0 Å². The molecule has 0 aliphatic carbocycles. The van der Waals surface area contributed by atoms with Crippen LogP contribution in [-0.2, 0) is 16.1 Å². The molecule has 3 N–H and O–H groups in total. The summed E-state index contributed by atoms with van der Waals surface area (Å²) in [5, 5.41) is 18.3. The Labute approximate surface area is 186 Å². The molecule has 2 rings (SSSR count). The average Bonchev–Trinajstić information content (AvgIpc) is 2.81. The largest absolute Gasteiger partial charge is 0.497 e. The normalized spacial score (nSPS) is 10.8. The van der Waals surface area contributed by atoms with E-state index < -0.39 is 11.9 Å². The van der Waals surface area contributed by atoms with Crippen LogP contribution in [0.15, 0.2) is 30.3 Å². The van der Waals surface area contributed by atoms with Crippen molar-refractivity contribution in [3.63, 3.8) is 0 Å². The van der Waals surface area contributed by atoms with Gasteiger partial charge in [-0.15, -0.1) is 0 Å². The zero-order valence-corrected chi connectivity index (χ0v) is 18.9. The second kappa shape index (κ2) is 12.9. The van der Waals surface area contributed by atoms with Gasteiger partial charge < -0.3 is 39.2 Å². The van der Waals surface area contributed by atoms with E-state index in [2.05, 4.69) is 12.2 Å². The van der Waals surface area contributed by atoms with Crippen molar-refractivity contribution < 1.29 is 43.5 Å². The SMILES string of the molecule is COc1cc(OC)c(CNC(C)c2cc(OC)ccc2OC)c(OC)c1.O=C(O)C(=O)O. The minimum Gasteiger partial charge on any atom is -0.497 e. The standard InChI is InChI=1S/C20H27NO5.C2H2O4/c1-13(16-9-14(22-2)7-8-18(16)24-4)21-12-17-19(25-5)10-15(23-3)11-20(17)26-6;3-1(4)2(5)6/h7-11,13,21H,12H2,1-6H3;(H,3,4)(H,5,6). The van der Waals surface area contributed by atoms with Gasteiger partial charge in [0.2, 0.25) is 0 Å². The molecule has 0 aliphatic heterocycles. The van der Waals surface area contributed by atoms with Crippen LogP contribution in [0.25, 0.3) is 0 Å². The number of methoxy groups -OCH3 is 5. The summed E-state index contributed by atoms with van der Waals surface area (Å²) in [7, 11) is 8.19. The number of rotatable bonds is 9. The van der Waals surface area contributed by atoms with Gasteiger partial charge in [0.1, 0.15) is 28.7 Å². The van der Waals surface area contributed by atoms with Crippen molar-refractivity contribution in [1.82, 2.24) is 5.32 Å². The van der Waals surface area contributed by atoms with Crippen LogP contribution in [0.2, 0.25) is 0 Å². The Hall–Kier alpha value is -3.66. The van der Waals surface area contributed by atoms with Gasteiger partial charge in [-0.3, -0.25) is 0 Å². The van der Waals surface area contributed by atoms with Gasteiger partial charge in [-0.25, -0.2) is 9.59 Å². The molecule has 0 bridgehead atoms. The van der Waals surface area contributed by atoms with E-state index in [1.165, 1.54) is 0 Å². The lowest BCUT2D eigenvalue weighted by molar-refractivity contribution is -0.159. The number of hydrogen-bond acceptors (Lipinski definition) is 8. The van der Waals surface area contributed by atoms with Gasteiger partial charge in [0.15, 0.2) is 0 Å². The monoisotopic (exact) mass is 451 g/mol. The second-order valence-electron chi connectivity index (χ2n) is 6.33. The van der Waals surface area contributed by atoms with Crippen LogP contribution in [-0.4, -0.2) is 57.7 Å². The molecule has 0 saturated carbocycles. The third kappa shape index (κ3) is 7.24. The third-order valence-electron chi connectivity index (χ3n) is 4.49. The number of benzene rings is 2. The number of hydrogen-bond donors (Lipinski definition) is 3. The van der Waals surface area contributed by atoms with Gasteiger partial charge in [-0.05, 0) is 25.1 Å². The van der Waals surface area contributed by atoms with Crippen molar-refractivity contribution in [3.8, 4) is 28.7 Å². The quantitative estimate of drug-likeness (QED) is 0.489. The lowest BCUT2D eigenvalue weighted by atomic mass is 10.1. The average molecular weight is 451 g/mol. The first kappa shape index (κ1) is 26.4. The number of ether oxygens (including phenoxy) is 5. The number of carbonyl (C=O) groups is 2. The molecule has 0 aromatic heterocycles. The predicted octanol–water partition coefficient (Wildman–Crippen LogP) is 2.74. The summed E-state index contributed by atoms with van der Waals surface area (Å²) in [5.41, 5.74) is 1.93. The van der Waals surface area contributed by atoms with Crippen LogP contribution in [0.1, 0.15) is 24.1 Å². The van der Waals surface area contributed by atoms with Gasteiger partial charge >= 0.3 is 11.9 Å². The molecule has 0 radical (unpaired) electrons. The molecule has 0 saturated heterocycles. The van der Waals surface area contributed by atoms with Crippen LogP contribution < -0.4 is 29.0 Å². The van der Waals surface area contributed by atoms with E-state index in [4.69, 9.17) is 43.5 Å². The summed E-state index contributed by atoms with van der Waals surface area (Å²) >= 11 is 0. The van der Waals surface area contributed by atoms with E-state index in [0.29, 0.717) is 23.8 Å². The van der Waals surface area contributed by atoms with E-state index in [1.54, 1.807) is 35.5 Å². The molecule has 0 spiro atoms. The van der Waals surface area contributed by atoms with Gasteiger partial charge in [0, 0.05) is 30.3 Å². The zero-order chi connectivity index (χ0) is 24.3. The lowest BCUT2D eigenvalue weighted by Crippen LogP contribution is -2.19. The summed E-state index contributed by atoms with van der Waals surface area (Å²) in [6, 6.07) is 9.47. The Balaban J connectivity index is 0.000000751. The Morgan fingerprint density at radius 2 is 1.28 bits per heavy atom. The highest BCUT2D eigenvalue weighted by molar-refractivity contribution is 6.27. The number of carboxylic acid groups (broad SMARTS) is 2. The molecule has 2 aromatic carbocycles. The Bertz CT molecular complexity index is 877. The van der Waals surface area contributed by atoms with E-state index in [-0.39, 0.29) is 6.04 Å². The molecule has 10 nitrogen and oxygen atoms in total. The molecular formula is C22H29NO9. The molecule has 176 valence electrons. The number of aliphatic carboxylic acids is 2. The molecule has 1 atom stereocenters. The molecule has 0 amide bonds. The highest BCUT2D eigenvalue weighted by Gasteiger charge is 2.17. The van der Waals surface area contributed by atoms with E-state index in [0.717, 1.165) is 22.6 Å². The molecular weight excluding hydrogens is 422 g/mol. The van der Waals surface area contributed by atoms with Crippen molar-refractivity contribution in [2.24, 2.45) is 0 Å². The topological polar surface area (TPSA) is 133 Å². The van der Waals surface area contributed by atoms with Crippen LogP contribution in [0.5, 0.6) is 28.7 Å². The van der Waals surface area contributed by atoms with Gasteiger partial charge in [0.05, 0.1) is 41.1 Å². The van der Waals surface area contributed by atoms with Gasteiger partial charge in [0.25, 0.3) is 0 Å². The maximum absolute atomic E-state index is 9.10. The first-order valence-electron chi connectivity index (χ1n) is 9.42. The van der Waals surface area contributed by atoms with Crippen LogP contribution >= 0.6 is 0 Å². The van der Waals surface area contributed by atoms with Crippen molar-refractivity contribution >= 4 is 11.9 Å². The Morgan fingerprint density at radius 3 is 1.69 bits per heavy atom. The Kier molecular flexibility index (Phi) is 10.6. The van der Waals surface area contributed by atoms with E-state index in [9.17, 15) is 0 Å². The van der Waals surface area contributed by atoms with Crippen molar-refractivity contribution in [2.45, 2.75) is 19.5 Å². The summed E-state index contributed by atoms with van der Waals surface area (Å²) < 4.78 is 27.1. The molecule has 0 heterocycles. The summed E-state index contributed by atoms with van der Waals surface area (Å²) in [5.74, 6) is 0.0421. The van der Waals surface area contributed by atoms with Crippen molar-refractivity contribution in [2.75, 3.05) is 35.5 Å². The predicted molar refractivity (Wildman–Crippen MR) is 116 cm³/mol. The fourth-order valence-corrected chi connectivity index (χ4v) is 2.79. The highest BCUT2D eigenvalue weighted by atomic mass is 16.5. The maximum atomic E-state index is 9.10. The third-order valence-corrected chi connectivity index (χ3v) is 4.49. The van der Waals surface area contributed by atoms with E-state index in [1.807, 2.05) is 30.3 Å². The van der Waals surface area contributed by atoms with Crippen molar-refractivity contribution in [1.29, 1.82) is 0 Å². The molecule has 1 unspecified atom stereocenters. The highest BCUT2D eigenvalue weighted by Crippen LogP contribution is 2.35. The zero-order valence-electron chi connectivity index (χ0n) is 18.9. The first-order chi connectivity index (χ1) is 15.2. The smallest absolute Gasteiger partial charge is 0.414 e. The van der Waals surface area contributed by atoms with Crippen molar-refractivity contribution in [3.05, 3.63) is 41.5 Å². The lowest BCUT2D eigenvalue weighted by Gasteiger charge is -2.20.